The minimum atomic E-state index is -0.208. The highest BCUT2D eigenvalue weighted by Gasteiger charge is 2.13. The van der Waals surface area contributed by atoms with Crippen LogP contribution in [0, 0.1) is 6.92 Å². The largest absolute Gasteiger partial charge is 0.497 e. The third-order valence-electron chi connectivity index (χ3n) is 4.58. The van der Waals surface area contributed by atoms with Gasteiger partial charge in [0.05, 0.1) is 27.0 Å². The topological polar surface area (TPSA) is 74.6 Å². The molecule has 1 heterocycles. The molecule has 1 aromatic heterocycles. The number of nitrogens with zero attached hydrogens (tertiary/aromatic N) is 2. The van der Waals surface area contributed by atoms with E-state index in [2.05, 4.69) is 10.4 Å². The summed E-state index contributed by atoms with van der Waals surface area (Å²) in [6.07, 6.45) is 0.671. The standard InChI is InChI=1S/C22H25N3O4/c1-15-13-19(24-25(15)17-6-8-18(27-2)9-7-17)22(26)23-12-11-16-5-10-20(28-3)21(14-16)29-4/h5-10,13-14H,11-12H2,1-4H3,(H,23,26). The second kappa shape index (κ2) is 9.14. The van der Waals surface area contributed by atoms with E-state index in [1.165, 1.54) is 0 Å². The van der Waals surface area contributed by atoms with E-state index in [1.54, 1.807) is 32.1 Å². The highest BCUT2D eigenvalue weighted by atomic mass is 16.5. The number of nitrogens with one attached hydrogen (secondary N) is 1. The van der Waals surface area contributed by atoms with E-state index < -0.39 is 0 Å². The molecule has 0 fully saturated rings. The van der Waals surface area contributed by atoms with Gasteiger partial charge in [-0.05, 0) is 61.4 Å². The molecule has 152 valence electrons. The van der Waals surface area contributed by atoms with Gasteiger partial charge in [-0.15, -0.1) is 0 Å². The molecular formula is C22H25N3O4. The number of hydrogen-bond donors (Lipinski definition) is 1. The summed E-state index contributed by atoms with van der Waals surface area (Å²) in [5.41, 5.74) is 3.17. The minimum Gasteiger partial charge on any atom is -0.497 e. The van der Waals surface area contributed by atoms with Crippen molar-refractivity contribution in [3.63, 3.8) is 0 Å². The average Bonchev–Trinajstić information content (AvgIpc) is 3.15. The van der Waals surface area contributed by atoms with Crippen LogP contribution in [0.5, 0.6) is 17.2 Å². The highest BCUT2D eigenvalue weighted by Crippen LogP contribution is 2.27. The van der Waals surface area contributed by atoms with E-state index in [0.29, 0.717) is 30.2 Å². The Labute approximate surface area is 170 Å². The third kappa shape index (κ3) is 4.68. The van der Waals surface area contributed by atoms with E-state index in [4.69, 9.17) is 14.2 Å². The number of carbonyl (C=O) groups is 1. The molecular weight excluding hydrogens is 370 g/mol. The molecule has 3 aromatic rings. The molecule has 1 N–H and O–H groups in total. The van der Waals surface area contributed by atoms with Crippen molar-refractivity contribution in [2.75, 3.05) is 27.9 Å². The van der Waals surface area contributed by atoms with Crippen molar-refractivity contribution in [1.82, 2.24) is 15.1 Å². The van der Waals surface area contributed by atoms with Gasteiger partial charge >= 0.3 is 0 Å². The van der Waals surface area contributed by atoms with Crippen molar-refractivity contribution >= 4 is 5.91 Å². The number of hydrogen-bond acceptors (Lipinski definition) is 5. The van der Waals surface area contributed by atoms with Crippen LogP contribution >= 0.6 is 0 Å². The van der Waals surface area contributed by atoms with Crippen molar-refractivity contribution in [2.24, 2.45) is 0 Å². The molecule has 29 heavy (non-hydrogen) atoms. The molecule has 0 aliphatic rings. The molecule has 0 aliphatic heterocycles. The van der Waals surface area contributed by atoms with Gasteiger partial charge in [0.2, 0.25) is 0 Å². The van der Waals surface area contributed by atoms with Crippen LogP contribution in [0.4, 0.5) is 0 Å². The van der Waals surface area contributed by atoms with E-state index in [1.807, 2.05) is 49.4 Å². The fourth-order valence-electron chi connectivity index (χ4n) is 3.02. The Balaban J connectivity index is 1.62. The molecule has 2 aromatic carbocycles. The van der Waals surface area contributed by atoms with Gasteiger partial charge in [-0.3, -0.25) is 4.79 Å². The van der Waals surface area contributed by atoms with Gasteiger partial charge < -0.3 is 19.5 Å². The lowest BCUT2D eigenvalue weighted by Gasteiger charge is -2.10. The molecule has 7 nitrogen and oxygen atoms in total. The summed E-state index contributed by atoms with van der Waals surface area (Å²) in [7, 11) is 4.83. The van der Waals surface area contributed by atoms with Crippen LogP contribution in [0.25, 0.3) is 5.69 Å². The van der Waals surface area contributed by atoms with Crippen molar-refractivity contribution in [1.29, 1.82) is 0 Å². The highest BCUT2D eigenvalue weighted by molar-refractivity contribution is 5.92. The van der Waals surface area contributed by atoms with E-state index >= 15 is 0 Å². The molecule has 0 aliphatic carbocycles. The maximum Gasteiger partial charge on any atom is 0.271 e. The maximum atomic E-state index is 12.5. The third-order valence-corrected chi connectivity index (χ3v) is 4.58. The molecule has 1 amide bonds. The zero-order valence-electron chi connectivity index (χ0n) is 17.1. The normalized spacial score (nSPS) is 10.5. The zero-order valence-corrected chi connectivity index (χ0v) is 17.1. The first-order valence-electron chi connectivity index (χ1n) is 9.26. The van der Waals surface area contributed by atoms with Crippen LogP contribution in [-0.2, 0) is 6.42 Å². The van der Waals surface area contributed by atoms with Crippen LogP contribution in [0.15, 0.2) is 48.5 Å². The molecule has 0 bridgehead atoms. The SMILES string of the molecule is COc1ccc(-n2nc(C(=O)NCCc3ccc(OC)c(OC)c3)cc2C)cc1. The first-order chi connectivity index (χ1) is 14.0. The quantitative estimate of drug-likeness (QED) is 0.634. The van der Waals surface area contributed by atoms with Crippen molar-refractivity contribution in [2.45, 2.75) is 13.3 Å². The summed E-state index contributed by atoms with van der Waals surface area (Å²) in [5.74, 6) is 1.91. The number of aromatic nitrogens is 2. The van der Waals surface area contributed by atoms with E-state index in [-0.39, 0.29) is 5.91 Å². The lowest BCUT2D eigenvalue weighted by atomic mass is 10.1. The number of rotatable bonds is 8. The van der Waals surface area contributed by atoms with Gasteiger partial charge in [0.25, 0.3) is 5.91 Å². The van der Waals surface area contributed by atoms with Crippen LogP contribution in [0.1, 0.15) is 21.7 Å². The monoisotopic (exact) mass is 395 g/mol. The number of amides is 1. The lowest BCUT2D eigenvalue weighted by Crippen LogP contribution is -2.26. The Kier molecular flexibility index (Phi) is 6.39. The smallest absolute Gasteiger partial charge is 0.271 e. The molecule has 3 rings (SSSR count). The summed E-state index contributed by atoms with van der Waals surface area (Å²) in [6, 6.07) is 15.0. The Morgan fingerprint density at radius 1 is 0.966 bits per heavy atom. The number of aryl methyl sites for hydroxylation is 1. The van der Waals surface area contributed by atoms with Crippen LogP contribution in [0.2, 0.25) is 0 Å². The van der Waals surface area contributed by atoms with Crippen LogP contribution in [0.3, 0.4) is 0 Å². The van der Waals surface area contributed by atoms with Crippen molar-refractivity contribution < 1.29 is 19.0 Å². The minimum absolute atomic E-state index is 0.208. The van der Waals surface area contributed by atoms with E-state index in [9.17, 15) is 4.79 Å². The molecule has 0 saturated carbocycles. The van der Waals surface area contributed by atoms with Gasteiger partial charge in [0.1, 0.15) is 5.75 Å². The van der Waals surface area contributed by atoms with Gasteiger partial charge in [0.15, 0.2) is 17.2 Å². The first-order valence-corrected chi connectivity index (χ1v) is 9.26. The number of ether oxygens (including phenoxy) is 3. The number of carbonyl (C=O) groups excluding carboxylic acids is 1. The molecule has 0 spiro atoms. The predicted molar refractivity (Wildman–Crippen MR) is 110 cm³/mol. The first kappa shape index (κ1) is 20.3. The Morgan fingerprint density at radius 3 is 2.34 bits per heavy atom. The maximum absolute atomic E-state index is 12.5. The number of methoxy groups -OCH3 is 3. The Hall–Kier alpha value is -3.48. The van der Waals surface area contributed by atoms with Crippen LogP contribution < -0.4 is 19.5 Å². The summed E-state index contributed by atoms with van der Waals surface area (Å²) in [6.45, 7) is 2.40. The van der Waals surface area contributed by atoms with Gasteiger partial charge in [-0.2, -0.15) is 5.10 Å². The molecule has 0 saturated heterocycles. The summed E-state index contributed by atoms with van der Waals surface area (Å²) in [5, 5.41) is 7.36. The lowest BCUT2D eigenvalue weighted by molar-refractivity contribution is 0.0948. The van der Waals surface area contributed by atoms with Crippen molar-refractivity contribution in [3.8, 4) is 22.9 Å². The molecule has 7 heteroatoms. The summed E-state index contributed by atoms with van der Waals surface area (Å²) >= 11 is 0. The van der Waals surface area contributed by atoms with E-state index in [0.717, 1.165) is 22.7 Å². The van der Waals surface area contributed by atoms with Gasteiger partial charge in [-0.25, -0.2) is 4.68 Å². The summed E-state index contributed by atoms with van der Waals surface area (Å²) < 4.78 is 17.5. The second-order valence-electron chi connectivity index (χ2n) is 6.48. The summed E-state index contributed by atoms with van der Waals surface area (Å²) in [4.78, 5) is 12.5. The second-order valence-corrected chi connectivity index (χ2v) is 6.48. The molecule has 0 atom stereocenters. The molecule has 0 radical (unpaired) electrons. The van der Waals surface area contributed by atoms with Crippen LogP contribution in [-0.4, -0.2) is 43.6 Å². The zero-order chi connectivity index (χ0) is 20.8. The van der Waals surface area contributed by atoms with Gasteiger partial charge in [0, 0.05) is 12.2 Å². The Morgan fingerprint density at radius 2 is 1.69 bits per heavy atom. The van der Waals surface area contributed by atoms with Gasteiger partial charge in [-0.1, -0.05) is 6.07 Å². The number of benzene rings is 2. The van der Waals surface area contributed by atoms with Crippen molar-refractivity contribution in [3.05, 3.63) is 65.5 Å². The Bertz CT molecular complexity index is 980. The average molecular weight is 395 g/mol. The fraction of sp³-hybridized carbons (Fsp3) is 0.273. The molecule has 0 unspecified atom stereocenters. The fourth-order valence-corrected chi connectivity index (χ4v) is 3.02. The predicted octanol–water partition coefficient (Wildman–Crippen LogP) is 3.18.